The SMILES string of the molecule is COc1cccc(C=C2CCCC(CN(C)C)C2(O)C2CCCC2)c1. The Morgan fingerprint density at radius 1 is 1.20 bits per heavy atom. The van der Waals surface area contributed by atoms with Crippen LogP contribution in [-0.4, -0.2) is 43.4 Å². The van der Waals surface area contributed by atoms with Crippen molar-refractivity contribution in [2.45, 2.75) is 50.5 Å². The molecule has 2 atom stereocenters. The molecule has 138 valence electrons. The molecule has 0 heterocycles. The van der Waals surface area contributed by atoms with Gasteiger partial charge in [0.25, 0.3) is 0 Å². The summed E-state index contributed by atoms with van der Waals surface area (Å²) in [4.78, 5) is 2.24. The number of hydrogen-bond acceptors (Lipinski definition) is 3. The molecule has 2 aliphatic carbocycles. The van der Waals surface area contributed by atoms with Gasteiger partial charge in [-0.05, 0) is 75.4 Å². The summed E-state index contributed by atoms with van der Waals surface area (Å²) in [6.45, 7) is 0.961. The van der Waals surface area contributed by atoms with Gasteiger partial charge < -0.3 is 14.7 Å². The molecule has 2 saturated carbocycles. The highest BCUT2D eigenvalue weighted by molar-refractivity contribution is 5.57. The quantitative estimate of drug-likeness (QED) is 0.862. The van der Waals surface area contributed by atoms with E-state index in [1.54, 1.807) is 7.11 Å². The third-order valence-corrected chi connectivity index (χ3v) is 6.13. The molecule has 1 aromatic rings. The van der Waals surface area contributed by atoms with Gasteiger partial charge in [0.15, 0.2) is 0 Å². The maximum atomic E-state index is 12.0. The van der Waals surface area contributed by atoms with Crippen LogP contribution < -0.4 is 4.74 Å². The van der Waals surface area contributed by atoms with Crippen LogP contribution >= 0.6 is 0 Å². The van der Waals surface area contributed by atoms with Crippen molar-refractivity contribution >= 4 is 6.08 Å². The summed E-state index contributed by atoms with van der Waals surface area (Å²) in [6.07, 6.45) is 10.4. The molecular formula is C22H33NO2. The van der Waals surface area contributed by atoms with Crippen LogP contribution in [0.3, 0.4) is 0 Å². The van der Waals surface area contributed by atoms with Crippen LogP contribution in [-0.2, 0) is 0 Å². The Kier molecular flexibility index (Phi) is 5.85. The standard InChI is InChI=1S/C22H33NO2/c1-23(2)16-20-12-7-11-19(22(20,24)18-9-4-5-10-18)14-17-8-6-13-21(15-17)25-3/h6,8,13-15,18,20,24H,4-5,7,9-12,16H2,1-3H3. The Bertz CT molecular complexity index is 604. The van der Waals surface area contributed by atoms with Crippen molar-refractivity contribution in [3.05, 3.63) is 35.4 Å². The Morgan fingerprint density at radius 2 is 1.96 bits per heavy atom. The molecule has 0 bridgehead atoms. The maximum Gasteiger partial charge on any atom is 0.119 e. The van der Waals surface area contributed by atoms with Gasteiger partial charge >= 0.3 is 0 Å². The van der Waals surface area contributed by atoms with Gasteiger partial charge in [-0.1, -0.05) is 31.1 Å². The highest BCUT2D eigenvalue weighted by Gasteiger charge is 2.48. The molecule has 1 aromatic carbocycles. The summed E-state index contributed by atoms with van der Waals surface area (Å²) in [5, 5.41) is 12.0. The van der Waals surface area contributed by atoms with Gasteiger partial charge in [-0.3, -0.25) is 0 Å². The second-order valence-electron chi connectivity index (χ2n) is 8.10. The molecule has 0 aromatic heterocycles. The lowest BCUT2D eigenvalue weighted by Crippen LogP contribution is -2.51. The van der Waals surface area contributed by atoms with Crippen molar-refractivity contribution in [3.63, 3.8) is 0 Å². The summed E-state index contributed by atoms with van der Waals surface area (Å²) in [5.41, 5.74) is 1.73. The molecule has 2 aliphatic rings. The van der Waals surface area contributed by atoms with Gasteiger partial charge in [0.1, 0.15) is 5.75 Å². The Hall–Kier alpha value is -1.32. The van der Waals surface area contributed by atoms with Gasteiger partial charge in [-0.2, -0.15) is 0 Å². The van der Waals surface area contributed by atoms with Crippen molar-refractivity contribution in [1.29, 1.82) is 0 Å². The van der Waals surface area contributed by atoms with Crippen LogP contribution in [0, 0.1) is 11.8 Å². The lowest BCUT2D eigenvalue weighted by molar-refractivity contribution is -0.0581. The van der Waals surface area contributed by atoms with Crippen molar-refractivity contribution in [1.82, 2.24) is 4.90 Å². The summed E-state index contributed by atoms with van der Waals surface area (Å²) in [6, 6.07) is 8.18. The van der Waals surface area contributed by atoms with Gasteiger partial charge in [-0.15, -0.1) is 0 Å². The van der Waals surface area contributed by atoms with Gasteiger partial charge in [0, 0.05) is 12.5 Å². The van der Waals surface area contributed by atoms with E-state index in [1.807, 2.05) is 12.1 Å². The monoisotopic (exact) mass is 343 g/mol. The molecule has 2 unspecified atom stereocenters. The van der Waals surface area contributed by atoms with E-state index in [-0.39, 0.29) is 0 Å². The largest absolute Gasteiger partial charge is 0.497 e. The van der Waals surface area contributed by atoms with Crippen molar-refractivity contribution < 1.29 is 9.84 Å². The molecular weight excluding hydrogens is 310 g/mol. The molecule has 0 radical (unpaired) electrons. The fourth-order valence-corrected chi connectivity index (χ4v) is 4.97. The van der Waals surface area contributed by atoms with E-state index >= 15 is 0 Å². The molecule has 0 saturated heterocycles. The summed E-state index contributed by atoms with van der Waals surface area (Å²) in [5.74, 6) is 1.62. The second kappa shape index (κ2) is 7.92. The smallest absolute Gasteiger partial charge is 0.119 e. The predicted octanol–water partition coefficient (Wildman–Crippen LogP) is 4.36. The third kappa shape index (κ3) is 3.93. The predicted molar refractivity (Wildman–Crippen MR) is 104 cm³/mol. The zero-order chi connectivity index (χ0) is 17.9. The minimum absolute atomic E-state index is 0.330. The number of benzene rings is 1. The van der Waals surface area contributed by atoms with Crippen LogP contribution in [0.2, 0.25) is 0 Å². The van der Waals surface area contributed by atoms with Crippen molar-refractivity contribution in [3.8, 4) is 5.75 Å². The van der Waals surface area contributed by atoms with Crippen LogP contribution in [0.5, 0.6) is 5.75 Å². The highest BCUT2D eigenvalue weighted by Crippen LogP contribution is 2.49. The lowest BCUT2D eigenvalue weighted by atomic mass is 9.64. The number of methoxy groups -OCH3 is 1. The van der Waals surface area contributed by atoms with Crippen molar-refractivity contribution in [2.75, 3.05) is 27.7 Å². The first-order valence-electron chi connectivity index (χ1n) is 9.76. The number of hydrogen-bond donors (Lipinski definition) is 1. The Morgan fingerprint density at radius 3 is 2.64 bits per heavy atom. The lowest BCUT2D eigenvalue weighted by Gasteiger charge is -2.47. The minimum atomic E-state index is -0.651. The van der Waals surface area contributed by atoms with Crippen molar-refractivity contribution in [2.24, 2.45) is 11.8 Å². The van der Waals surface area contributed by atoms with E-state index in [2.05, 4.69) is 37.2 Å². The first-order chi connectivity index (χ1) is 12.0. The van der Waals surface area contributed by atoms with E-state index in [0.29, 0.717) is 11.8 Å². The summed E-state index contributed by atoms with van der Waals surface area (Å²) >= 11 is 0. The fourth-order valence-electron chi connectivity index (χ4n) is 4.97. The number of aliphatic hydroxyl groups is 1. The van der Waals surface area contributed by atoms with Crippen LogP contribution in [0.15, 0.2) is 29.8 Å². The zero-order valence-electron chi connectivity index (χ0n) is 16.0. The van der Waals surface area contributed by atoms with E-state index in [0.717, 1.165) is 43.5 Å². The number of nitrogens with zero attached hydrogens (tertiary/aromatic N) is 1. The average molecular weight is 344 g/mol. The highest BCUT2D eigenvalue weighted by atomic mass is 16.5. The van der Waals surface area contributed by atoms with Gasteiger partial charge in [0.05, 0.1) is 12.7 Å². The van der Waals surface area contributed by atoms with E-state index in [9.17, 15) is 5.11 Å². The number of ether oxygens (including phenoxy) is 1. The molecule has 3 nitrogen and oxygen atoms in total. The first-order valence-corrected chi connectivity index (χ1v) is 9.76. The van der Waals surface area contributed by atoms with E-state index in [4.69, 9.17) is 4.74 Å². The van der Waals surface area contributed by atoms with Gasteiger partial charge in [0.2, 0.25) is 0 Å². The second-order valence-corrected chi connectivity index (χ2v) is 8.10. The van der Waals surface area contributed by atoms with E-state index < -0.39 is 5.60 Å². The Labute approximate surface area is 152 Å². The van der Waals surface area contributed by atoms with Gasteiger partial charge in [-0.25, -0.2) is 0 Å². The third-order valence-electron chi connectivity index (χ3n) is 6.13. The summed E-state index contributed by atoms with van der Waals surface area (Å²) in [7, 11) is 5.94. The van der Waals surface area contributed by atoms with Crippen LogP contribution in [0.1, 0.15) is 50.5 Å². The van der Waals surface area contributed by atoms with Crippen LogP contribution in [0.25, 0.3) is 6.08 Å². The molecule has 1 N–H and O–H groups in total. The average Bonchev–Trinajstić information content (AvgIpc) is 3.13. The van der Waals surface area contributed by atoms with E-state index in [1.165, 1.54) is 24.8 Å². The molecule has 3 heteroatoms. The molecule has 25 heavy (non-hydrogen) atoms. The molecule has 2 fully saturated rings. The number of rotatable bonds is 5. The maximum absolute atomic E-state index is 12.0. The Balaban J connectivity index is 1.97. The fraction of sp³-hybridized carbons (Fsp3) is 0.636. The molecule has 0 spiro atoms. The molecule has 0 aliphatic heterocycles. The topological polar surface area (TPSA) is 32.7 Å². The minimum Gasteiger partial charge on any atom is -0.497 e. The first kappa shape index (κ1) is 18.5. The molecule has 0 amide bonds. The van der Waals surface area contributed by atoms with Crippen LogP contribution in [0.4, 0.5) is 0 Å². The summed E-state index contributed by atoms with van der Waals surface area (Å²) < 4.78 is 5.37. The zero-order valence-corrected chi connectivity index (χ0v) is 16.0. The molecule has 3 rings (SSSR count). The normalized spacial score (nSPS) is 29.5.